The van der Waals surface area contributed by atoms with E-state index in [0.29, 0.717) is 0 Å². The molecule has 0 aliphatic heterocycles. The minimum Gasteiger partial charge on any atom is -0.479 e. The predicted molar refractivity (Wildman–Crippen MR) is 98.5 cm³/mol. The summed E-state index contributed by atoms with van der Waals surface area (Å²) in [4.78, 5) is 17.3. The van der Waals surface area contributed by atoms with Crippen molar-refractivity contribution in [3.8, 4) is 0 Å². The van der Waals surface area contributed by atoms with Gasteiger partial charge in [0.2, 0.25) is 0 Å². The number of carbonyl (C=O) groups is 1. The first-order valence-corrected chi connectivity index (χ1v) is 10.4. The van der Waals surface area contributed by atoms with E-state index in [1.807, 2.05) is 41.5 Å². The molecule has 2 unspecified atom stereocenters. The first-order chi connectivity index (χ1) is 11.2. The molecule has 0 saturated heterocycles. The van der Waals surface area contributed by atoms with E-state index >= 15 is 0 Å². The van der Waals surface area contributed by atoms with E-state index in [1.165, 1.54) is 5.06 Å². The molecule has 0 rings (SSSR count). The third-order valence-corrected chi connectivity index (χ3v) is 6.28. The van der Waals surface area contributed by atoms with Gasteiger partial charge in [-0.25, -0.2) is 4.79 Å². The second kappa shape index (κ2) is 9.47. The molecule has 2 atom stereocenters. The number of rotatable bonds is 10. The fraction of sp³-hybridized carbons (Fsp3) is 0.941. The molecule has 0 spiro atoms. The SMILES string of the molecule is CCOP(=O)(OCC)C(N(OC(CC)C(=O)O)C(C)(C)C)C(C)(C)C. The Morgan fingerprint density at radius 2 is 1.48 bits per heavy atom. The standard InChI is InChI=1S/C17H36NO6P/c1-10-13(14(19)20)24-18(17(7,8)9)15(16(4,5)6)25(21,22-11-2)23-12-3/h13,15H,10-12H2,1-9H3,(H,19,20). The van der Waals surface area contributed by atoms with E-state index in [0.717, 1.165) is 0 Å². The third kappa shape index (κ3) is 6.99. The molecule has 0 heterocycles. The Bertz CT molecular complexity index is 459. The Morgan fingerprint density at radius 3 is 1.72 bits per heavy atom. The summed E-state index contributed by atoms with van der Waals surface area (Å²) in [6, 6.07) is 0. The third-order valence-electron chi connectivity index (χ3n) is 3.46. The summed E-state index contributed by atoms with van der Waals surface area (Å²) in [5, 5.41) is 10.9. The number of hydrogen-bond donors (Lipinski definition) is 1. The van der Waals surface area contributed by atoms with E-state index in [9.17, 15) is 14.5 Å². The van der Waals surface area contributed by atoms with Crippen LogP contribution < -0.4 is 0 Å². The first-order valence-electron chi connectivity index (χ1n) is 8.82. The summed E-state index contributed by atoms with van der Waals surface area (Å²) >= 11 is 0. The van der Waals surface area contributed by atoms with Crippen molar-refractivity contribution in [3.05, 3.63) is 0 Å². The molecule has 0 aromatic carbocycles. The van der Waals surface area contributed by atoms with Crippen molar-refractivity contribution in [3.63, 3.8) is 0 Å². The molecule has 0 aromatic heterocycles. The molecule has 0 aliphatic carbocycles. The van der Waals surface area contributed by atoms with Crippen molar-refractivity contribution < 1.29 is 28.4 Å². The lowest BCUT2D eigenvalue weighted by Crippen LogP contribution is -2.55. The van der Waals surface area contributed by atoms with Crippen LogP contribution in [0.25, 0.3) is 0 Å². The molecular formula is C17H36NO6P. The van der Waals surface area contributed by atoms with Crippen molar-refractivity contribution in [2.75, 3.05) is 13.2 Å². The normalized spacial score (nSPS) is 16.1. The average molecular weight is 381 g/mol. The lowest BCUT2D eigenvalue weighted by molar-refractivity contribution is -0.265. The number of aliphatic carboxylic acids is 1. The Labute approximate surface area is 152 Å². The van der Waals surface area contributed by atoms with E-state index in [2.05, 4.69) is 0 Å². The van der Waals surface area contributed by atoms with Gasteiger partial charge in [-0.3, -0.25) is 9.40 Å². The van der Waals surface area contributed by atoms with Crippen LogP contribution >= 0.6 is 7.60 Å². The highest BCUT2D eigenvalue weighted by Gasteiger charge is 2.52. The Hall–Kier alpha value is -0.460. The molecule has 0 fully saturated rings. The number of hydroxylamine groups is 2. The van der Waals surface area contributed by atoms with Gasteiger partial charge in [0.1, 0.15) is 5.78 Å². The van der Waals surface area contributed by atoms with Gasteiger partial charge in [0.15, 0.2) is 6.10 Å². The van der Waals surface area contributed by atoms with Crippen molar-refractivity contribution in [1.82, 2.24) is 5.06 Å². The van der Waals surface area contributed by atoms with Crippen LogP contribution in [-0.4, -0.2) is 46.8 Å². The van der Waals surface area contributed by atoms with Crippen molar-refractivity contribution in [1.29, 1.82) is 0 Å². The largest absolute Gasteiger partial charge is 0.479 e. The zero-order chi connectivity index (χ0) is 20.1. The van der Waals surface area contributed by atoms with E-state index < -0.39 is 36.4 Å². The molecule has 25 heavy (non-hydrogen) atoms. The number of carboxylic acids is 1. The maximum absolute atomic E-state index is 13.6. The number of nitrogens with zero attached hydrogens (tertiary/aromatic N) is 1. The van der Waals surface area contributed by atoms with Crippen LogP contribution in [0.4, 0.5) is 0 Å². The summed E-state index contributed by atoms with van der Waals surface area (Å²) < 4.78 is 24.7. The van der Waals surface area contributed by atoms with Crippen LogP contribution in [0.5, 0.6) is 0 Å². The van der Waals surface area contributed by atoms with Crippen LogP contribution in [-0.2, 0) is 23.2 Å². The first kappa shape index (κ1) is 24.5. The minimum absolute atomic E-state index is 0.220. The van der Waals surface area contributed by atoms with Gasteiger partial charge in [-0.15, -0.1) is 0 Å². The van der Waals surface area contributed by atoms with Gasteiger partial charge in [0, 0.05) is 5.54 Å². The van der Waals surface area contributed by atoms with Gasteiger partial charge in [-0.1, -0.05) is 27.7 Å². The minimum atomic E-state index is -3.59. The maximum Gasteiger partial charge on any atom is 0.350 e. The van der Waals surface area contributed by atoms with Gasteiger partial charge in [-0.05, 0) is 46.5 Å². The molecule has 1 N–H and O–H groups in total. The molecule has 7 nitrogen and oxygen atoms in total. The van der Waals surface area contributed by atoms with Gasteiger partial charge < -0.3 is 14.2 Å². The zero-order valence-corrected chi connectivity index (χ0v) is 18.1. The molecule has 0 aliphatic rings. The average Bonchev–Trinajstić information content (AvgIpc) is 2.40. The summed E-state index contributed by atoms with van der Waals surface area (Å²) in [6.45, 7) is 17.0. The van der Waals surface area contributed by atoms with Crippen molar-refractivity contribution in [2.24, 2.45) is 5.41 Å². The van der Waals surface area contributed by atoms with Gasteiger partial charge in [-0.2, -0.15) is 5.06 Å². The lowest BCUT2D eigenvalue weighted by Gasteiger charge is -2.48. The molecule has 0 saturated carbocycles. The Kier molecular flexibility index (Phi) is 9.29. The zero-order valence-electron chi connectivity index (χ0n) is 17.2. The second-order valence-electron chi connectivity index (χ2n) is 7.95. The lowest BCUT2D eigenvalue weighted by atomic mass is 9.94. The number of hydrogen-bond acceptors (Lipinski definition) is 6. The molecule has 150 valence electrons. The fourth-order valence-electron chi connectivity index (χ4n) is 2.51. The molecule has 0 amide bonds. The summed E-state index contributed by atoms with van der Waals surface area (Å²) in [7, 11) is -3.59. The monoisotopic (exact) mass is 381 g/mol. The van der Waals surface area contributed by atoms with Crippen LogP contribution in [0.1, 0.15) is 68.7 Å². The molecule has 0 aromatic rings. The van der Waals surface area contributed by atoms with Crippen molar-refractivity contribution >= 4 is 13.6 Å². The van der Waals surface area contributed by atoms with E-state index in [4.69, 9.17) is 13.9 Å². The van der Waals surface area contributed by atoms with E-state index in [-0.39, 0.29) is 19.6 Å². The van der Waals surface area contributed by atoms with E-state index in [1.54, 1.807) is 20.8 Å². The highest BCUT2D eigenvalue weighted by Crippen LogP contribution is 2.60. The molecular weight excluding hydrogens is 345 g/mol. The molecule has 0 bridgehead atoms. The molecule has 0 radical (unpaired) electrons. The second-order valence-corrected chi connectivity index (χ2v) is 10.0. The van der Waals surface area contributed by atoms with Gasteiger partial charge in [0.05, 0.1) is 13.2 Å². The Balaban J connectivity index is 6.21. The van der Waals surface area contributed by atoms with Crippen LogP contribution in [0.15, 0.2) is 0 Å². The highest BCUT2D eigenvalue weighted by atomic mass is 31.2. The van der Waals surface area contributed by atoms with Crippen LogP contribution in [0.3, 0.4) is 0 Å². The number of carboxylic acid groups (broad SMARTS) is 1. The molecule has 8 heteroatoms. The van der Waals surface area contributed by atoms with Gasteiger partial charge in [0.25, 0.3) is 0 Å². The predicted octanol–water partition coefficient (Wildman–Crippen LogP) is 4.52. The summed E-state index contributed by atoms with van der Waals surface area (Å²) in [5.41, 5.74) is -1.17. The Morgan fingerprint density at radius 1 is 1.04 bits per heavy atom. The quantitative estimate of drug-likeness (QED) is 0.440. The summed E-state index contributed by atoms with van der Waals surface area (Å²) in [6.07, 6.45) is -0.757. The fourth-order valence-corrected chi connectivity index (χ4v) is 5.19. The van der Waals surface area contributed by atoms with Gasteiger partial charge >= 0.3 is 13.6 Å². The van der Waals surface area contributed by atoms with Crippen molar-refractivity contribution in [2.45, 2.75) is 86.2 Å². The smallest absolute Gasteiger partial charge is 0.350 e. The maximum atomic E-state index is 13.6. The highest BCUT2D eigenvalue weighted by molar-refractivity contribution is 7.54. The van der Waals surface area contributed by atoms with Crippen LogP contribution in [0.2, 0.25) is 0 Å². The summed E-state index contributed by atoms with van der Waals surface area (Å²) in [5.74, 6) is -1.83. The topological polar surface area (TPSA) is 85.3 Å². The van der Waals surface area contributed by atoms with Crippen LogP contribution in [0, 0.1) is 5.41 Å².